The van der Waals surface area contributed by atoms with Gasteiger partial charge >= 0.3 is 0 Å². The SMILES string of the molecule is CNC(=O)c1ccc(-n2c(N[C@H](C)c3cccc(C(F)F)c3)nc3c(c2=O)C[C@@H](C)N(C(=O)c2ccc(Cl)c(Cl)c2)C3)cc1. The van der Waals surface area contributed by atoms with E-state index in [0.717, 1.165) is 0 Å². The number of carbonyl (C=O) groups excluding carboxylic acids is 2. The number of rotatable bonds is 7. The van der Waals surface area contributed by atoms with E-state index in [0.29, 0.717) is 38.7 Å². The van der Waals surface area contributed by atoms with Gasteiger partial charge in [0.25, 0.3) is 23.8 Å². The summed E-state index contributed by atoms with van der Waals surface area (Å²) in [4.78, 5) is 46.2. The molecule has 0 unspecified atom stereocenters. The Hall–Kier alpha value is -4.28. The molecule has 2 amide bonds. The van der Waals surface area contributed by atoms with E-state index in [9.17, 15) is 23.2 Å². The van der Waals surface area contributed by atoms with E-state index in [1.165, 1.54) is 29.8 Å². The quantitative estimate of drug-likeness (QED) is 0.238. The molecule has 12 heteroatoms. The maximum absolute atomic E-state index is 14.1. The fourth-order valence-electron chi connectivity index (χ4n) is 5.21. The highest BCUT2D eigenvalue weighted by Gasteiger charge is 2.32. The summed E-state index contributed by atoms with van der Waals surface area (Å²) in [6, 6.07) is 16.3. The Morgan fingerprint density at radius 2 is 1.66 bits per heavy atom. The first-order chi connectivity index (χ1) is 21.0. The Morgan fingerprint density at radius 1 is 0.977 bits per heavy atom. The second-order valence-electron chi connectivity index (χ2n) is 10.6. The molecule has 44 heavy (non-hydrogen) atoms. The Morgan fingerprint density at radius 3 is 2.32 bits per heavy atom. The van der Waals surface area contributed by atoms with Gasteiger partial charge in [0.05, 0.1) is 34.0 Å². The third-order valence-corrected chi connectivity index (χ3v) is 8.40. The lowest BCUT2D eigenvalue weighted by Gasteiger charge is -2.35. The summed E-state index contributed by atoms with van der Waals surface area (Å²) in [7, 11) is 1.53. The molecule has 1 aliphatic heterocycles. The molecular weight excluding hydrogens is 611 g/mol. The third-order valence-electron chi connectivity index (χ3n) is 7.66. The van der Waals surface area contributed by atoms with Crippen molar-refractivity contribution in [3.8, 4) is 5.69 Å². The van der Waals surface area contributed by atoms with Crippen molar-refractivity contribution in [2.75, 3.05) is 12.4 Å². The number of fused-ring (bicyclic) bond motifs is 1. The van der Waals surface area contributed by atoms with E-state index in [1.54, 1.807) is 60.4 Å². The van der Waals surface area contributed by atoms with E-state index >= 15 is 0 Å². The number of amides is 2. The first-order valence-corrected chi connectivity index (χ1v) is 14.6. The standard InChI is InChI=1S/C32H29Cl2F2N5O3/c1-17-13-24-27(16-40(17)30(43)22-9-12-25(33)26(34)15-22)39-32(38-18(2)20-5-4-6-21(14-20)28(35)36)41(31(24)44)23-10-7-19(8-11-23)29(42)37-3/h4-12,14-15,17-18,28H,13,16H2,1-3H3,(H,37,42)(H,38,39)/t17-,18-/m1/s1. The minimum absolute atomic E-state index is 0.0607. The fraction of sp³-hybridized carbons (Fsp3) is 0.250. The van der Waals surface area contributed by atoms with Crippen LogP contribution in [-0.4, -0.2) is 39.4 Å². The van der Waals surface area contributed by atoms with Crippen LogP contribution in [0.2, 0.25) is 10.0 Å². The predicted molar refractivity (Wildman–Crippen MR) is 166 cm³/mol. The highest BCUT2D eigenvalue weighted by Crippen LogP contribution is 2.29. The molecule has 8 nitrogen and oxygen atoms in total. The number of anilines is 1. The molecule has 1 aliphatic rings. The van der Waals surface area contributed by atoms with Gasteiger partial charge in [0.2, 0.25) is 5.95 Å². The summed E-state index contributed by atoms with van der Waals surface area (Å²) in [5.41, 5.74) is 2.18. The van der Waals surface area contributed by atoms with Crippen LogP contribution in [0.25, 0.3) is 5.69 Å². The van der Waals surface area contributed by atoms with Gasteiger partial charge in [-0.25, -0.2) is 18.3 Å². The van der Waals surface area contributed by atoms with Crippen molar-refractivity contribution < 1.29 is 18.4 Å². The van der Waals surface area contributed by atoms with Crippen molar-refractivity contribution >= 4 is 41.0 Å². The molecule has 0 radical (unpaired) electrons. The van der Waals surface area contributed by atoms with Crippen LogP contribution in [0.5, 0.6) is 0 Å². The highest BCUT2D eigenvalue weighted by molar-refractivity contribution is 6.42. The lowest BCUT2D eigenvalue weighted by atomic mass is 9.98. The molecule has 2 N–H and O–H groups in total. The van der Waals surface area contributed by atoms with Gasteiger partial charge in [-0.05, 0) is 74.4 Å². The first kappa shape index (κ1) is 31.2. The molecule has 0 fully saturated rings. The van der Waals surface area contributed by atoms with Crippen molar-refractivity contribution in [1.29, 1.82) is 0 Å². The molecule has 0 spiro atoms. The second kappa shape index (κ2) is 12.8. The average Bonchev–Trinajstić information content (AvgIpc) is 3.02. The van der Waals surface area contributed by atoms with Crippen molar-refractivity contribution in [2.45, 2.75) is 45.3 Å². The average molecular weight is 641 g/mol. The largest absolute Gasteiger partial charge is 0.355 e. The fourth-order valence-corrected chi connectivity index (χ4v) is 5.51. The number of hydrogen-bond acceptors (Lipinski definition) is 5. The maximum atomic E-state index is 14.1. The van der Waals surface area contributed by atoms with Gasteiger partial charge in [0, 0.05) is 35.3 Å². The van der Waals surface area contributed by atoms with Gasteiger partial charge in [-0.2, -0.15) is 0 Å². The summed E-state index contributed by atoms with van der Waals surface area (Å²) in [5.74, 6) is -0.407. The zero-order chi connectivity index (χ0) is 31.7. The van der Waals surface area contributed by atoms with Gasteiger partial charge < -0.3 is 15.5 Å². The topological polar surface area (TPSA) is 96.3 Å². The van der Waals surface area contributed by atoms with Gasteiger partial charge in [0.15, 0.2) is 0 Å². The lowest BCUT2D eigenvalue weighted by Crippen LogP contribution is -2.46. The molecule has 0 saturated carbocycles. The van der Waals surface area contributed by atoms with E-state index < -0.39 is 12.5 Å². The van der Waals surface area contributed by atoms with Crippen molar-refractivity contribution in [2.24, 2.45) is 0 Å². The van der Waals surface area contributed by atoms with Gasteiger partial charge in [0.1, 0.15) is 0 Å². The van der Waals surface area contributed by atoms with Crippen LogP contribution in [0.15, 0.2) is 71.5 Å². The Kier molecular flexibility index (Phi) is 9.03. The summed E-state index contributed by atoms with van der Waals surface area (Å²) in [6.45, 7) is 3.69. The number of nitrogens with one attached hydrogen (secondary N) is 2. The number of benzene rings is 3. The van der Waals surface area contributed by atoms with Crippen LogP contribution >= 0.6 is 23.2 Å². The molecule has 228 valence electrons. The zero-order valence-corrected chi connectivity index (χ0v) is 25.6. The molecular formula is C32H29Cl2F2N5O3. The third kappa shape index (κ3) is 6.18. The van der Waals surface area contributed by atoms with Crippen molar-refractivity contribution in [3.05, 3.63) is 121 Å². The number of halogens is 4. The lowest BCUT2D eigenvalue weighted by molar-refractivity contribution is 0.0653. The van der Waals surface area contributed by atoms with E-state index in [4.69, 9.17) is 28.2 Å². The summed E-state index contributed by atoms with van der Waals surface area (Å²) in [6.07, 6.45) is -2.39. The van der Waals surface area contributed by atoms with Gasteiger partial charge in [-0.15, -0.1) is 0 Å². The number of carbonyl (C=O) groups is 2. The molecule has 2 heterocycles. The Labute approximate surface area is 262 Å². The van der Waals surface area contributed by atoms with Crippen LogP contribution in [0.4, 0.5) is 14.7 Å². The molecule has 4 aromatic rings. The van der Waals surface area contributed by atoms with Gasteiger partial charge in [-0.3, -0.25) is 14.4 Å². The molecule has 2 atom stereocenters. The van der Waals surface area contributed by atoms with Crippen molar-refractivity contribution in [3.63, 3.8) is 0 Å². The molecule has 0 bridgehead atoms. The monoisotopic (exact) mass is 639 g/mol. The zero-order valence-electron chi connectivity index (χ0n) is 24.1. The number of hydrogen-bond donors (Lipinski definition) is 2. The minimum atomic E-state index is -2.64. The number of aromatic nitrogens is 2. The smallest absolute Gasteiger partial charge is 0.263 e. The molecule has 0 saturated heterocycles. The van der Waals surface area contributed by atoms with Crippen molar-refractivity contribution in [1.82, 2.24) is 19.8 Å². The van der Waals surface area contributed by atoms with Gasteiger partial charge in [-0.1, -0.05) is 41.4 Å². The predicted octanol–water partition coefficient (Wildman–Crippen LogP) is 6.60. The number of nitrogens with zero attached hydrogens (tertiary/aromatic N) is 3. The minimum Gasteiger partial charge on any atom is -0.355 e. The van der Waals surface area contributed by atoms with E-state index in [2.05, 4.69) is 10.6 Å². The molecule has 1 aromatic heterocycles. The molecule has 5 rings (SSSR count). The van der Waals surface area contributed by atoms with Crippen LogP contribution in [0.1, 0.15) is 69.4 Å². The van der Waals surface area contributed by atoms with Crippen LogP contribution in [0.3, 0.4) is 0 Å². The van der Waals surface area contributed by atoms with E-state index in [-0.39, 0.29) is 52.9 Å². The second-order valence-corrected chi connectivity index (χ2v) is 11.4. The van der Waals surface area contributed by atoms with E-state index in [1.807, 2.05) is 6.92 Å². The number of alkyl halides is 2. The molecule has 3 aromatic carbocycles. The Bertz CT molecular complexity index is 1800. The van der Waals surface area contributed by atoms with Crippen LogP contribution in [-0.2, 0) is 13.0 Å². The summed E-state index contributed by atoms with van der Waals surface area (Å²) >= 11 is 12.2. The molecule has 0 aliphatic carbocycles. The van der Waals surface area contributed by atoms with Crippen LogP contribution in [0, 0.1) is 0 Å². The maximum Gasteiger partial charge on any atom is 0.263 e. The van der Waals surface area contributed by atoms with Crippen LogP contribution < -0.4 is 16.2 Å². The Balaban J connectivity index is 1.58. The highest BCUT2D eigenvalue weighted by atomic mass is 35.5. The summed E-state index contributed by atoms with van der Waals surface area (Å²) in [5, 5.41) is 6.37. The summed E-state index contributed by atoms with van der Waals surface area (Å²) < 4.78 is 28.3. The normalized spacial score (nSPS) is 15.1. The first-order valence-electron chi connectivity index (χ1n) is 13.9.